The normalized spacial score (nSPS) is 22.5. The van der Waals surface area contributed by atoms with Gasteiger partial charge < -0.3 is 10.6 Å². The van der Waals surface area contributed by atoms with Crippen LogP contribution in [0.2, 0.25) is 0 Å². The van der Waals surface area contributed by atoms with Gasteiger partial charge in [-0.05, 0) is 31.7 Å². The molecule has 13 heavy (non-hydrogen) atoms. The maximum Gasteiger partial charge on any atom is 0.0105 e. The van der Waals surface area contributed by atoms with Crippen LogP contribution in [0.1, 0.15) is 26.2 Å². The summed E-state index contributed by atoms with van der Waals surface area (Å²) in [7, 11) is 0. The van der Waals surface area contributed by atoms with E-state index in [0.29, 0.717) is 0 Å². The SMILES string of the molecule is CCN(CCN)CC1CC=CCC1. The van der Waals surface area contributed by atoms with Gasteiger partial charge in [0.05, 0.1) is 0 Å². The lowest BCUT2D eigenvalue weighted by molar-refractivity contribution is 0.238. The molecule has 0 aromatic carbocycles. The molecule has 0 aromatic rings. The van der Waals surface area contributed by atoms with Gasteiger partial charge in [0.2, 0.25) is 0 Å². The Morgan fingerprint density at radius 3 is 2.85 bits per heavy atom. The molecule has 2 heteroatoms. The van der Waals surface area contributed by atoms with Crippen molar-refractivity contribution in [3.8, 4) is 0 Å². The molecule has 1 rings (SSSR count). The highest BCUT2D eigenvalue weighted by Gasteiger charge is 2.12. The molecule has 2 N–H and O–H groups in total. The summed E-state index contributed by atoms with van der Waals surface area (Å²) in [6.45, 7) is 6.43. The fourth-order valence-electron chi connectivity index (χ4n) is 1.95. The lowest BCUT2D eigenvalue weighted by Crippen LogP contribution is -2.34. The van der Waals surface area contributed by atoms with E-state index in [-0.39, 0.29) is 0 Å². The number of allylic oxidation sites excluding steroid dienone is 2. The third-order valence-corrected chi connectivity index (χ3v) is 2.79. The number of nitrogens with zero attached hydrogens (tertiary/aromatic N) is 1. The van der Waals surface area contributed by atoms with Gasteiger partial charge in [-0.1, -0.05) is 19.1 Å². The second-order valence-electron chi connectivity index (χ2n) is 3.83. The van der Waals surface area contributed by atoms with Gasteiger partial charge in [0.15, 0.2) is 0 Å². The first kappa shape index (κ1) is 10.7. The van der Waals surface area contributed by atoms with E-state index in [4.69, 9.17) is 5.73 Å². The summed E-state index contributed by atoms with van der Waals surface area (Å²) in [5.74, 6) is 0.872. The molecule has 0 heterocycles. The Labute approximate surface area is 81.8 Å². The van der Waals surface area contributed by atoms with Crippen molar-refractivity contribution in [3.05, 3.63) is 12.2 Å². The zero-order chi connectivity index (χ0) is 9.52. The van der Waals surface area contributed by atoms with E-state index in [2.05, 4.69) is 24.0 Å². The van der Waals surface area contributed by atoms with E-state index in [0.717, 1.165) is 25.6 Å². The molecule has 1 aliphatic rings. The van der Waals surface area contributed by atoms with Gasteiger partial charge in [0, 0.05) is 19.6 Å². The summed E-state index contributed by atoms with van der Waals surface area (Å²) >= 11 is 0. The van der Waals surface area contributed by atoms with Crippen LogP contribution >= 0.6 is 0 Å². The van der Waals surface area contributed by atoms with E-state index in [1.165, 1.54) is 25.8 Å². The summed E-state index contributed by atoms with van der Waals surface area (Å²) in [4.78, 5) is 2.46. The van der Waals surface area contributed by atoms with Gasteiger partial charge in [-0.25, -0.2) is 0 Å². The Morgan fingerprint density at radius 1 is 1.46 bits per heavy atom. The molecule has 1 unspecified atom stereocenters. The van der Waals surface area contributed by atoms with Crippen molar-refractivity contribution in [1.29, 1.82) is 0 Å². The van der Waals surface area contributed by atoms with Crippen molar-refractivity contribution in [3.63, 3.8) is 0 Å². The van der Waals surface area contributed by atoms with Gasteiger partial charge in [0.25, 0.3) is 0 Å². The highest BCUT2D eigenvalue weighted by atomic mass is 15.1. The minimum absolute atomic E-state index is 0.788. The molecule has 0 saturated heterocycles. The third-order valence-electron chi connectivity index (χ3n) is 2.79. The fraction of sp³-hybridized carbons (Fsp3) is 0.818. The van der Waals surface area contributed by atoms with Crippen molar-refractivity contribution >= 4 is 0 Å². The van der Waals surface area contributed by atoms with Crippen molar-refractivity contribution in [2.24, 2.45) is 11.7 Å². The van der Waals surface area contributed by atoms with Crippen LogP contribution < -0.4 is 5.73 Å². The molecule has 1 atom stereocenters. The topological polar surface area (TPSA) is 29.3 Å². The molecule has 2 nitrogen and oxygen atoms in total. The predicted molar refractivity (Wildman–Crippen MR) is 57.6 cm³/mol. The standard InChI is InChI=1S/C11H22N2/c1-2-13(9-8-12)10-11-6-4-3-5-7-11/h3-4,11H,2,5-10,12H2,1H3. The number of rotatable bonds is 5. The molecule has 0 saturated carbocycles. The zero-order valence-corrected chi connectivity index (χ0v) is 8.71. The molecule has 0 spiro atoms. The van der Waals surface area contributed by atoms with Gasteiger partial charge in [-0.3, -0.25) is 0 Å². The van der Waals surface area contributed by atoms with E-state index < -0.39 is 0 Å². The zero-order valence-electron chi connectivity index (χ0n) is 8.71. The summed E-state index contributed by atoms with van der Waals surface area (Å²) < 4.78 is 0. The first-order valence-electron chi connectivity index (χ1n) is 5.44. The summed E-state index contributed by atoms with van der Waals surface area (Å²) in [5.41, 5.74) is 5.55. The molecule has 76 valence electrons. The Bertz CT molecular complexity index is 154. The third kappa shape index (κ3) is 3.92. The van der Waals surface area contributed by atoms with Gasteiger partial charge in [-0.15, -0.1) is 0 Å². The molecule has 0 aromatic heterocycles. The Balaban J connectivity index is 2.23. The van der Waals surface area contributed by atoms with Crippen LogP contribution in [0.5, 0.6) is 0 Å². The van der Waals surface area contributed by atoms with Crippen molar-refractivity contribution in [2.45, 2.75) is 26.2 Å². The number of hydrogen-bond acceptors (Lipinski definition) is 2. The monoisotopic (exact) mass is 182 g/mol. The lowest BCUT2D eigenvalue weighted by atomic mass is 9.94. The van der Waals surface area contributed by atoms with E-state index in [1.807, 2.05) is 0 Å². The van der Waals surface area contributed by atoms with Crippen molar-refractivity contribution in [2.75, 3.05) is 26.2 Å². The number of nitrogens with two attached hydrogens (primary N) is 1. The van der Waals surface area contributed by atoms with Crippen LogP contribution in [0.15, 0.2) is 12.2 Å². The average Bonchev–Trinajstić information content (AvgIpc) is 2.19. The second-order valence-corrected chi connectivity index (χ2v) is 3.83. The largest absolute Gasteiger partial charge is 0.329 e. The van der Waals surface area contributed by atoms with Gasteiger partial charge in [-0.2, -0.15) is 0 Å². The average molecular weight is 182 g/mol. The van der Waals surface area contributed by atoms with Crippen LogP contribution in [0.4, 0.5) is 0 Å². The quantitative estimate of drug-likeness (QED) is 0.655. The fourth-order valence-corrected chi connectivity index (χ4v) is 1.95. The number of likely N-dealkylation sites (N-methyl/N-ethyl adjacent to an activating group) is 1. The summed E-state index contributed by atoms with van der Waals surface area (Å²) in [5, 5.41) is 0. The molecule has 0 radical (unpaired) electrons. The Kier molecular flexibility index (Phi) is 5.09. The molecule has 0 amide bonds. The van der Waals surface area contributed by atoms with E-state index in [1.54, 1.807) is 0 Å². The molecular formula is C11H22N2. The van der Waals surface area contributed by atoms with Crippen LogP contribution in [-0.4, -0.2) is 31.1 Å². The van der Waals surface area contributed by atoms with Crippen LogP contribution in [0.3, 0.4) is 0 Å². The smallest absolute Gasteiger partial charge is 0.0105 e. The minimum Gasteiger partial charge on any atom is -0.329 e. The van der Waals surface area contributed by atoms with Gasteiger partial charge >= 0.3 is 0 Å². The predicted octanol–water partition coefficient (Wildman–Crippen LogP) is 1.62. The van der Waals surface area contributed by atoms with E-state index >= 15 is 0 Å². The van der Waals surface area contributed by atoms with Crippen molar-refractivity contribution in [1.82, 2.24) is 4.90 Å². The van der Waals surface area contributed by atoms with Crippen LogP contribution in [0, 0.1) is 5.92 Å². The molecular weight excluding hydrogens is 160 g/mol. The molecule has 0 bridgehead atoms. The molecule has 0 aliphatic heterocycles. The van der Waals surface area contributed by atoms with Gasteiger partial charge in [0.1, 0.15) is 0 Å². The molecule has 0 fully saturated rings. The Hall–Kier alpha value is -0.340. The highest BCUT2D eigenvalue weighted by Crippen LogP contribution is 2.18. The lowest BCUT2D eigenvalue weighted by Gasteiger charge is -2.26. The van der Waals surface area contributed by atoms with Crippen molar-refractivity contribution < 1.29 is 0 Å². The highest BCUT2D eigenvalue weighted by molar-refractivity contribution is 4.90. The first-order chi connectivity index (χ1) is 6.36. The maximum absolute atomic E-state index is 5.55. The van der Waals surface area contributed by atoms with Crippen LogP contribution in [0.25, 0.3) is 0 Å². The Morgan fingerprint density at radius 2 is 2.31 bits per heavy atom. The summed E-state index contributed by atoms with van der Waals surface area (Å²) in [6.07, 6.45) is 8.52. The van der Waals surface area contributed by atoms with Crippen LogP contribution in [-0.2, 0) is 0 Å². The first-order valence-corrected chi connectivity index (χ1v) is 5.44. The minimum atomic E-state index is 0.788. The maximum atomic E-state index is 5.55. The molecule has 1 aliphatic carbocycles. The summed E-state index contributed by atoms with van der Waals surface area (Å²) in [6, 6.07) is 0. The number of hydrogen-bond donors (Lipinski definition) is 1. The van der Waals surface area contributed by atoms with E-state index in [9.17, 15) is 0 Å². The second kappa shape index (κ2) is 6.17.